The number of benzene rings is 1. The molecule has 28 heavy (non-hydrogen) atoms. The highest BCUT2D eigenvalue weighted by molar-refractivity contribution is 5.96. The maximum absolute atomic E-state index is 12.9. The number of likely N-dealkylation sites (tertiary alicyclic amines) is 1. The lowest BCUT2D eigenvalue weighted by Crippen LogP contribution is -2.56. The van der Waals surface area contributed by atoms with Crippen LogP contribution < -0.4 is 5.32 Å². The average molecular weight is 381 g/mol. The number of piperidine rings is 1. The largest absolute Gasteiger partial charge is 0.385 e. The van der Waals surface area contributed by atoms with Gasteiger partial charge in [0, 0.05) is 49.8 Å². The number of amides is 2. The van der Waals surface area contributed by atoms with Crippen molar-refractivity contribution in [2.24, 2.45) is 0 Å². The molecule has 1 aromatic heterocycles. The second-order valence-corrected chi connectivity index (χ2v) is 7.27. The Labute approximate surface area is 165 Å². The summed E-state index contributed by atoms with van der Waals surface area (Å²) < 4.78 is 5.28. The zero-order chi connectivity index (χ0) is 20.0. The van der Waals surface area contributed by atoms with Crippen LogP contribution in [-0.4, -0.2) is 54.0 Å². The Kier molecular flexibility index (Phi) is 6.41. The quantitative estimate of drug-likeness (QED) is 0.835. The molecule has 2 heterocycles. The standard InChI is InChI=1S/C22H27N3O3/c1-17-19(9-6-13-23-17)21(27)25-14-10-22(11-15-25,12-16-28-2)24-20(26)18-7-4-3-5-8-18/h3-9,13H,10-12,14-16H2,1-2H3,(H,24,26). The number of rotatable bonds is 6. The zero-order valence-electron chi connectivity index (χ0n) is 16.5. The van der Waals surface area contributed by atoms with Gasteiger partial charge in [0.25, 0.3) is 11.8 Å². The maximum Gasteiger partial charge on any atom is 0.255 e. The van der Waals surface area contributed by atoms with Crippen molar-refractivity contribution in [1.82, 2.24) is 15.2 Å². The molecule has 0 atom stereocenters. The van der Waals surface area contributed by atoms with Gasteiger partial charge >= 0.3 is 0 Å². The Morgan fingerprint density at radius 2 is 1.86 bits per heavy atom. The normalized spacial score (nSPS) is 15.9. The van der Waals surface area contributed by atoms with E-state index >= 15 is 0 Å². The van der Waals surface area contributed by atoms with Crippen LogP contribution in [-0.2, 0) is 4.74 Å². The molecular formula is C22H27N3O3. The second kappa shape index (κ2) is 8.97. The minimum atomic E-state index is -0.371. The van der Waals surface area contributed by atoms with Gasteiger partial charge in [-0.25, -0.2) is 0 Å². The first-order chi connectivity index (χ1) is 13.5. The van der Waals surface area contributed by atoms with Crippen LogP contribution in [0, 0.1) is 6.92 Å². The van der Waals surface area contributed by atoms with Crippen LogP contribution in [0.25, 0.3) is 0 Å². The van der Waals surface area contributed by atoms with Gasteiger partial charge in [-0.1, -0.05) is 18.2 Å². The molecule has 1 saturated heterocycles. The van der Waals surface area contributed by atoms with Gasteiger partial charge in [0.1, 0.15) is 0 Å². The summed E-state index contributed by atoms with van der Waals surface area (Å²) in [6.07, 6.45) is 3.80. The molecule has 0 aliphatic carbocycles. The molecule has 1 N–H and O–H groups in total. The minimum absolute atomic E-state index is 0.000303. The van der Waals surface area contributed by atoms with Gasteiger partial charge in [0.05, 0.1) is 5.56 Å². The molecule has 1 aliphatic rings. The molecule has 0 bridgehead atoms. The van der Waals surface area contributed by atoms with E-state index in [4.69, 9.17) is 4.74 Å². The summed E-state index contributed by atoms with van der Waals surface area (Å²) in [5, 5.41) is 3.22. The van der Waals surface area contributed by atoms with Gasteiger partial charge in [0.2, 0.25) is 0 Å². The van der Waals surface area contributed by atoms with E-state index in [2.05, 4.69) is 10.3 Å². The molecule has 2 amide bonds. The van der Waals surface area contributed by atoms with Crippen LogP contribution in [0.2, 0.25) is 0 Å². The van der Waals surface area contributed by atoms with Gasteiger partial charge in [-0.15, -0.1) is 0 Å². The van der Waals surface area contributed by atoms with Crippen molar-refractivity contribution in [2.75, 3.05) is 26.8 Å². The first-order valence-electron chi connectivity index (χ1n) is 9.62. The third kappa shape index (κ3) is 4.57. The van der Waals surface area contributed by atoms with Crippen molar-refractivity contribution >= 4 is 11.8 Å². The lowest BCUT2D eigenvalue weighted by Gasteiger charge is -2.42. The number of aromatic nitrogens is 1. The van der Waals surface area contributed by atoms with Crippen LogP contribution in [0.15, 0.2) is 48.7 Å². The van der Waals surface area contributed by atoms with E-state index in [1.807, 2.05) is 48.2 Å². The lowest BCUT2D eigenvalue weighted by molar-refractivity contribution is 0.0558. The van der Waals surface area contributed by atoms with Crippen LogP contribution >= 0.6 is 0 Å². The number of hydrogen-bond acceptors (Lipinski definition) is 4. The molecule has 1 aromatic carbocycles. The van der Waals surface area contributed by atoms with Gasteiger partial charge in [-0.3, -0.25) is 14.6 Å². The number of carbonyl (C=O) groups is 2. The van der Waals surface area contributed by atoms with E-state index in [0.717, 1.165) is 12.1 Å². The van der Waals surface area contributed by atoms with Crippen molar-refractivity contribution in [1.29, 1.82) is 0 Å². The van der Waals surface area contributed by atoms with Crippen LogP contribution in [0.5, 0.6) is 0 Å². The number of hydrogen-bond donors (Lipinski definition) is 1. The average Bonchev–Trinajstić information content (AvgIpc) is 2.73. The van der Waals surface area contributed by atoms with E-state index in [1.165, 1.54) is 0 Å². The van der Waals surface area contributed by atoms with Crippen molar-refractivity contribution in [3.05, 3.63) is 65.5 Å². The molecule has 2 aromatic rings. The molecule has 6 heteroatoms. The predicted octanol–water partition coefficient (Wildman–Crippen LogP) is 2.83. The molecule has 6 nitrogen and oxygen atoms in total. The van der Waals surface area contributed by atoms with Crippen molar-refractivity contribution < 1.29 is 14.3 Å². The van der Waals surface area contributed by atoms with Gasteiger partial charge < -0.3 is 15.0 Å². The summed E-state index contributed by atoms with van der Waals surface area (Å²) in [5.41, 5.74) is 1.65. The monoisotopic (exact) mass is 381 g/mol. The first-order valence-corrected chi connectivity index (χ1v) is 9.62. The Morgan fingerprint density at radius 3 is 2.50 bits per heavy atom. The highest BCUT2D eigenvalue weighted by Gasteiger charge is 2.37. The zero-order valence-corrected chi connectivity index (χ0v) is 16.5. The third-order valence-corrected chi connectivity index (χ3v) is 5.44. The van der Waals surface area contributed by atoms with Crippen LogP contribution in [0.1, 0.15) is 45.7 Å². The molecule has 0 unspecified atom stereocenters. The molecule has 0 saturated carbocycles. The predicted molar refractivity (Wildman–Crippen MR) is 107 cm³/mol. The third-order valence-electron chi connectivity index (χ3n) is 5.44. The van der Waals surface area contributed by atoms with Gasteiger partial charge in [-0.05, 0) is 50.5 Å². The summed E-state index contributed by atoms with van der Waals surface area (Å²) in [5.74, 6) is -0.0834. The summed E-state index contributed by atoms with van der Waals surface area (Å²) in [7, 11) is 1.66. The molecule has 1 fully saturated rings. The Hall–Kier alpha value is -2.73. The number of nitrogens with one attached hydrogen (secondary N) is 1. The van der Waals surface area contributed by atoms with E-state index in [-0.39, 0.29) is 17.4 Å². The number of aryl methyl sites for hydroxylation is 1. The number of carbonyl (C=O) groups excluding carboxylic acids is 2. The number of methoxy groups -OCH3 is 1. The smallest absolute Gasteiger partial charge is 0.255 e. The first kappa shape index (κ1) is 20.0. The fraction of sp³-hybridized carbons (Fsp3) is 0.409. The molecule has 148 valence electrons. The fourth-order valence-electron chi connectivity index (χ4n) is 3.66. The molecule has 0 radical (unpaired) electrons. The number of nitrogens with zero attached hydrogens (tertiary/aromatic N) is 2. The molecular weight excluding hydrogens is 354 g/mol. The summed E-state index contributed by atoms with van der Waals surface area (Å²) in [6.45, 7) is 3.59. The highest BCUT2D eigenvalue weighted by atomic mass is 16.5. The van der Waals surface area contributed by atoms with Gasteiger partial charge in [0.15, 0.2) is 0 Å². The topological polar surface area (TPSA) is 71.5 Å². The van der Waals surface area contributed by atoms with E-state index in [9.17, 15) is 9.59 Å². The Balaban J connectivity index is 1.70. The lowest BCUT2D eigenvalue weighted by atomic mass is 9.84. The van der Waals surface area contributed by atoms with Crippen molar-refractivity contribution in [3.63, 3.8) is 0 Å². The molecule has 3 rings (SSSR count). The molecule has 1 aliphatic heterocycles. The fourth-order valence-corrected chi connectivity index (χ4v) is 3.66. The highest BCUT2D eigenvalue weighted by Crippen LogP contribution is 2.28. The Morgan fingerprint density at radius 1 is 1.14 bits per heavy atom. The minimum Gasteiger partial charge on any atom is -0.385 e. The number of ether oxygens (including phenoxy) is 1. The summed E-state index contributed by atoms with van der Waals surface area (Å²) in [4.78, 5) is 31.7. The summed E-state index contributed by atoms with van der Waals surface area (Å²) >= 11 is 0. The van der Waals surface area contributed by atoms with Crippen molar-refractivity contribution in [2.45, 2.75) is 31.7 Å². The van der Waals surface area contributed by atoms with Crippen molar-refractivity contribution in [3.8, 4) is 0 Å². The van der Waals surface area contributed by atoms with Gasteiger partial charge in [-0.2, -0.15) is 0 Å². The van der Waals surface area contributed by atoms with Crippen LogP contribution in [0.4, 0.5) is 0 Å². The number of pyridine rings is 1. The SMILES string of the molecule is COCCC1(NC(=O)c2ccccc2)CCN(C(=O)c2cccnc2C)CC1. The van der Waals surface area contributed by atoms with Crippen LogP contribution in [0.3, 0.4) is 0 Å². The summed E-state index contributed by atoms with van der Waals surface area (Å²) in [6, 6.07) is 12.8. The van der Waals surface area contributed by atoms with E-state index in [0.29, 0.717) is 43.7 Å². The Bertz CT molecular complexity index is 815. The maximum atomic E-state index is 12.9. The van der Waals surface area contributed by atoms with E-state index < -0.39 is 0 Å². The second-order valence-electron chi connectivity index (χ2n) is 7.27. The van der Waals surface area contributed by atoms with E-state index in [1.54, 1.807) is 19.4 Å². The molecule has 0 spiro atoms.